The van der Waals surface area contributed by atoms with E-state index in [0.717, 1.165) is 30.7 Å². The monoisotopic (exact) mass is 266 g/mol. The zero-order valence-corrected chi connectivity index (χ0v) is 12.4. The highest BCUT2D eigenvalue weighted by molar-refractivity contribution is 5.53. The van der Waals surface area contributed by atoms with Gasteiger partial charge in [-0.15, -0.1) is 5.92 Å². The molecule has 2 nitrogen and oxygen atoms in total. The number of nitrogens with two attached hydrogens (primary N) is 1. The second kappa shape index (κ2) is 6.45. The zero-order valence-electron chi connectivity index (χ0n) is 12.4. The van der Waals surface area contributed by atoms with Crippen LogP contribution >= 0.6 is 0 Å². The molecule has 2 N–H and O–H groups in total. The van der Waals surface area contributed by atoms with Crippen LogP contribution in [-0.4, -0.2) is 18.0 Å². The lowest BCUT2D eigenvalue weighted by Gasteiger charge is -2.34. The SMILES string of the molecule is C=CC1=C(C#CC)CC2=CCC(C)=CC=C2N1CCN. The Morgan fingerprint density at radius 3 is 2.90 bits per heavy atom. The van der Waals surface area contributed by atoms with Crippen LogP contribution in [0.3, 0.4) is 0 Å². The largest absolute Gasteiger partial charge is 0.339 e. The smallest absolute Gasteiger partial charge is 0.0526 e. The van der Waals surface area contributed by atoms with Gasteiger partial charge in [0, 0.05) is 30.8 Å². The first-order valence-corrected chi connectivity index (χ1v) is 7.04. The van der Waals surface area contributed by atoms with Crippen molar-refractivity contribution in [3.8, 4) is 11.8 Å². The molecule has 1 aliphatic carbocycles. The van der Waals surface area contributed by atoms with Crippen molar-refractivity contribution in [2.75, 3.05) is 13.1 Å². The van der Waals surface area contributed by atoms with Crippen LogP contribution in [0.25, 0.3) is 0 Å². The summed E-state index contributed by atoms with van der Waals surface area (Å²) in [6.45, 7) is 9.38. The number of rotatable bonds is 3. The molecule has 0 radical (unpaired) electrons. The summed E-state index contributed by atoms with van der Waals surface area (Å²) in [7, 11) is 0. The Kier molecular flexibility index (Phi) is 4.65. The molecular formula is C18H22N2. The molecule has 2 rings (SSSR count). The Bertz CT molecular complexity index is 589. The van der Waals surface area contributed by atoms with Crippen LogP contribution in [0.4, 0.5) is 0 Å². The molecule has 104 valence electrons. The van der Waals surface area contributed by atoms with Crippen molar-refractivity contribution in [3.05, 3.63) is 59.0 Å². The third-order valence-electron chi connectivity index (χ3n) is 3.61. The molecule has 0 saturated carbocycles. The summed E-state index contributed by atoms with van der Waals surface area (Å²) in [6.07, 6.45) is 10.5. The van der Waals surface area contributed by atoms with Crippen molar-refractivity contribution >= 4 is 0 Å². The molecule has 0 atom stereocenters. The van der Waals surface area contributed by atoms with E-state index in [-0.39, 0.29) is 0 Å². The molecule has 20 heavy (non-hydrogen) atoms. The Balaban J connectivity index is 2.55. The summed E-state index contributed by atoms with van der Waals surface area (Å²) in [5.41, 5.74) is 12.0. The molecule has 2 aliphatic rings. The fraction of sp³-hybridized carbons (Fsp3) is 0.333. The first-order valence-electron chi connectivity index (χ1n) is 7.04. The van der Waals surface area contributed by atoms with E-state index >= 15 is 0 Å². The molecule has 0 spiro atoms. The van der Waals surface area contributed by atoms with Gasteiger partial charge in [-0.3, -0.25) is 0 Å². The second-order valence-electron chi connectivity index (χ2n) is 5.06. The van der Waals surface area contributed by atoms with Crippen LogP contribution in [0.2, 0.25) is 0 Å². The number of hydrogen-bond donors (Lipinski definition) is 1. The topological polar surface area (TPSA) is 29.3 Å². The second-order valence-corrected chi connectivity index (χ2v) is 5.06. The number of allylic oxidation sites excluding steroid dienone is 7. The zero-order chi connectivity index (χ0) is 14.5. The predicted octanol–water partition coefficient (Wildman–Crippen LogP) is 3.27. The molecule has 1 aliphatic heterocycles. The van der Waals surface area contributed by atoms with Crippen molar-refractivity contribution in [2.24, 2.45) is 5.73 Å². The van der Waals surface area contributed by atoms with Gasteiger partial charge in [-0.25, -0.2) is 0 Å². The van der Waals surface area contributed by atoms with Crippen molar-refractivity contribution in [2.45, 2.75) is 26.7 Å². The molecule has 0 saturated heterocycles. The van der Waals surface area contributed by atoms with E-state index in [1.54, 1.807) is 0 Å². The summed E-state index contributed by atoms with van der Waals surface area (Å²) in [4.78, 5) is 2.25. The summed E-state index contributed by atoms with van der Waals surface area (Å²) in [6, 6.07) is 0. The number of hydrogen-bond acceptors (Lipinski definition) is 2. The first kappa shape index (κ1) is 14.4. The maximum Gasteiger partial charge on any atom is 0.0526 e. The van der Waals surface area contributed by atoms with Gasteiger partial charge in [0.1, 0.15) is 0 Å². The summed E-state index contributed by atoms with van der Waals surface area (Å²) in [5, 5.41) is 0. The van der Waals surface area contributed by atoms with Gasteiger partial charge in [-0.2, -0.15) is 0 Å². The molecular weight excluding hydrogens is 244 g/mol. The minimum absolute atomic E-state index is 0.609. The highest BCUT2D eigenvalue weighted by Gasteiger charge is 2.25. The molecule has 0 bridgehead atoms. The Labute approximate surface area is 122 Å². The van der Waals surface area contributed by atoms with E-state index in [1.807, 2.05) is 13.0 Å². The molecule has 2 heteroatoms. The molecule has 0 aromatic carbocycles. The van der Waals surface area contributed by atoms with E-state index in [0.29, 0.717) is 6.54 Å². The van der Waals surface area contributed by atoms with Crippen LogP contribution in [0.1, 0.15) is 26.7 Å². The third kappa shape index (κ3) is 2.79. The average Bonchev–Trinajstić information content (AvgIpc) is 2.62. The lowest BCUT2D eigenvalue weighted by atomic mass is 9.93. The van der Waals surface area contributed by atoms with E-state index in [9.17, 15) is 0 Å². The number of nitrogens with zero attached hydrogens (tertiary/aromatic N) is 1. The number of fused-ring (bicyclic) bond motifs is 1. The standard InChI is InChI=1S/C18H22N2/c1-4-6-15-13-16-9-7-14(3)8-10-18(16)20(12-11-19)17(15)5-2/h5,8-10H,2,7,11-13,19H2,1,3H3. The van der Waals surface area contributed by atoms with Gasteiger partial charge in [-0.1, -0.05) is 30.2 Å². The summed E-state index contributed by atoms with van der Waals surface area (Å²) >= 11 is 0. The van der Waals surface area contributed by atoms with Crippen LogP contribution in [0.15, 0.2) is 59.0 Å². The van der Waals surface area contributed by atoms with Gasteiger partial charge >= 0.3 is 0 Å². The maximum absolute atomic E-state index is 5.79. The average molecular weight is 266 g/mol. The van der Waals surface area contributed by atoms with Crippen molar-refractivity contribution in [1.82, 2.24) is 4.90 Å². The molecule has 0 unspecified atom stereocenters. The quantitative estimate of drug-likeness (QED) is 0.794. The predicted molar refractivity (Wildman–Crippen MR) is 85.6 cm³/mol. The summed E-state index contributed by atoms with van der Waals surface area (Å²) in [5.74, 6) is 6.24. The van der Waals surface area contributed by atoms with Gasteiger partial charge in [0.2, 0.25) is 0 Å². The third-order valence-corrected chi connectivity index (χ3v) is 3.61. The minimum Gasteiger partial charge on any atom is -0.339 e. The summed E-state index contributed by atoms with van der Waals surface area (Å²) < 4.78 is 0. The normalized spacial score (nSPS) is 18.1. The maximum atomic E-state index is 5.79. The fourth-order valence-electron chi connectivity index (χ4n) is 2.65. The van der Waals surface area contributed by atoms with Crippen LogP contribution < -0.4 is 5.73 Å². The Morgan fingerprint density at radius 2 is 2.25 bits per heavy atom. The van der Waals surface area contributed by atoms with Crippen LogP contribution in [0.5, 0.6) is 0 Å². The van der Waals surface area contributed by atoms with Crippen LogP contribution in [-0.2, 0) is 0 Å². The van der Waals surface area contributed by atoms with Gasteiger partial charge in [0.15, 0.2) is 0 Å². The highest BCUT2D eigenvalue weighted by atomic mass is 15.2. The van der Waals surface area contributed by atoms with E-state index in [2.05, 4.69) is 48.5 Å². The minimum atomic E-state index is 0.609. The lowest BCUT2D eigenvalue weighted by Crippen LogP contribution is -2.32. The van der Waals surface area contributed by atoms with Gasteiger partial charge in [0.05, 0.1) is 5.70 Å². The Morgan fingerprint density at radius 1 is 1.45 bits per heavy atom. The van der Waals surface area contributed by atoms with E-state index < -0.39 is 0 Å². The highest BCUT2D eigenvalue weighted by Crippen LogP contribution is 2.35. The van der Waals surface area contributed by atoms with Crippen molar-refractivity contribution < 1.29 is 0 Å². The molecule has 0 amide bonds. The van der Waals surface area contributed by atoms with Gasteiger partial charge in [-0.05, 0) is 38.0 Å². The molecule has 0 aromatic heterocycles. The molecule has 1 heterocycles. The van der Waals surface area contributed by atoms with Crippen molar-refractivity contribution in [3.63, 3.8) is 0 Å². The molecule has 0 aromatic rings. The van der Waals surface area contributed by atoms with E-state index in [4.69, 9.17) is 5.73 Å². The lowest BCUT2D eigenvalue weighted by molar-refractivity contribution is 0.440. The van der Waals surface area contributed by atoms with Gasteiger partial charge in [0.25, 0.3) is 0 Å². The fourth-order valence-corrected chi connectivity index (χ4v) is 2.65. The van der Waals surface area contributed by atoms with E-state index in [1.165, 1.54) is 16.8 Å². The van der Waals surface area contributed by atoms with Gasteiger partial charge < -0.3 is 10.6 Å². The first-order chi connectivity index (χ1) is 9.71. The Hall–Kier alpha value is -1.98. The van der Waals surface area contributed by atoms with Crippen LogP contribution in [0, 0.1) is 11.8 Å². The molecule has 0 fully saturated rings. The van der Waals surface area contributed by atoms with Crippen molar-refractivity contribution in [1.29, 1.82) is 0 Å².